The molecule has 0 aliphatic heterocycles. The summed E-state index contributed by atoms with van der Waals surface area (Å²) in [6.45, 7) is 2.34. The molecule has 1 fully saturated rings. The molecule has 1 aliphatic rings. The Hall–Kier alpha value is -2.80. The molecule has 3 rings (SSSR count). The zero-order chi connectivity index (χ0) is 23.5. The van der Waals surface area contributed by atoms with Gasteiger partial charge < -0.3 is 14.8 Å². The van der Waals surface area contributed by atoms with Crippen LogP contribution in [-0.2, 0) is 32.3 Å². The third-order valence-corrected chi connectivity index (χ3v) is 7.22. The van der Waals surface area contributed by atoms with E-state index in [4.69, 9.17) is 9.47 Å². The van der Waals surface area contributed by atoms with Gasteiger partial charge in [0.15, 0.2) is 5.12 Å². The maximum atomic E-state index is 13.3. The van der Waals surface area contributed by atoms with Crippen molar-refractivity contribution >= 4 is 28.9 Å². The molecule has 7 heteroatoms. The summed E-state index contributed by atoms with van der Waals surface area (Å²) in [4.78, 5) is 37.1. The van der Waals surface area contributed by atoms with E-state index in [9.17, 15) is 14.4 Å². The Morgan fingerprint density at radius 1 is 0.970 bits per heavy atom. The molecule has 6 nitrogen and oxygen atoms in total. The highest BCUT2D eigenvalue weighted by atomic mass is 32.2. The molecular formula is C26H31NO5S. The zero-order valence-corrected chi connectivity index (χ0v) is 19.8. The molecule has 0 aromatic heterocycles. The van der Waals surface area contributed by atoms with Crippen LogP contribution in [-0.4, -0.2) is 29.0 Å². The summed E-state index contributed by atoms with van der Waals surface area (Å²) in [6, 6.07) is 19.1. The van der Waals surface area contributed by atoms with Gasteiger partial charge in [0.25, 0.3) is 0 Å². The van der Waals surface area contributed by atoms with Gasteiger partial charge in [0.1, 0.15) is 13.2 Å². The third-order valence-electron chi connectivity index (χ3n) is 5.91. The fraction of sp³-hybridized carbons (Fsp3) is 0.423. The minimum atomic E-state index is -0.721. The van der Waals surface area contributed by atoms with E-state index in [0.29, 0.717) is 25.8 Å². The number of esters is 1. The van der Waals surface area contributed by atoms with E-state index >= 15 is 0 Å². The number of alkyl carbamates (subject to hydrolysis) is 1. The Bertz CT molecular complexity index is 921. The van der Waals surface area contributed by atoms with Gasteiger partial charge in [-0.3, -0.25) is 9.59 Å². The van der Waals surface area contributed by atoms with Crippen molar-refractivity contribution in [1.82, 2.24) is 5.32 Å². The van der Waals surface area contributed by atoms with Crippen molar-refractivity contribution in [2.45, 2.75) is 57.5 Å². The molecule has 1 N–H and O–H groups in total. The Kier molecular flexibility index (Phi) is 9.36. The van der Waals surface area contributed by atoms with Crippen molar-refractivity contribution in [1.29, 1.82) is 0 Å². The predicted octanol–water partition coefficient (Wildman–Crippen LogP) is 5.26. The van der Waals surface area contributed by atoms with Gasteiger partial charge in [0, 0.05) is 18.7 Å². The van der Waals surface area contributed by atoms with Crippen LogP contribution < -0.4 is 5.32 Å². The Balaban J connectivity index is 1.53. The number of thioether (sulfide) groups is 1. The number of ether oxygens (including phenoxy) is 2. The average molecular weight is 470 g/mol. The predicted molar refractivity (Wildman–Crippen MR) is 128 cm³/mol. The molecule has 2 aromatic carbocycles. The van der Waals surface area contributed by atoms with E-state index in [1.165, 1.54) is 18.7 Å². The molecular weight excluding hydrogens is 438 g/mol. The average Bonchev–Trinajstić information content (AvgIpc) is 3.23. The van der Waals surface area contributed by atoms with Crippen LogP contribution >= 0.6 is 11.8 Å². The molecule has 0 unspecified atom stereocenters. The van der Waals surface area contributed by atoms with E-state index in [0.717, 1.165) is 24.0 Å². The largest absolute Gasteiger partial charge is 0.460 e. The third kappa shape index (κ3) is 7.35. The topological polar surface area (TPSA) is 81.7 Å². The monoisotopic (exact) mass is 469 g/mol. The first-order valence-electron chi connectivity index (χ1n) is 11.3. The number of hydrogen-bond acceptors (Lipinski definition) is 6. The second-order valence-electron chi connectivity index (χ2n) is 8.30. The van der Waals surface area contributed by atoms with Crippen molar-refractivity contribution < 1.29 is 23.9 Å². The summed E-state index contributed by atoms with van der Waals surface area (Å²) < 4.78 is 11.0. The lowest BCUT2D eigenvalue weighted by Gasteiger charge is -2.32. The normalized spacial score (nSPS) is 19.6. The minimum Gasteiger partial charge on any atom is -0.460 e. The first-order chi connectivity index (χ1) is 16.0. The lowest BCUT2D eigenvalue weighted by atomic mass is 9.81. The molecule has 2 atom stereocenters. The maximum Gasteiger partial charge on any atom is 0.407 e. The van der Waals surface area contributed by atoms with Gasteiger partial charge in [-0.05, 0) is 36.8 Å². The van der Waals surface area contributed by atoms with Crippen LogP contribution in [0.2, 0.25) is 0 Å². The lowest BCUT2D eigenvalue weighted by Crippen LogP contribution is -2.39. The quantitative estimate of drug-likeness (QED) is 0.378. The first kappa shape index (κ1) is 24.8. The van der Waals surface area contributed by atoms with Crippen molar-refractivity contribution in [2.75, 3.05) is 6.54 Å². The fourth-order valence-electron chi connectivity index (χ4n) is 4.27. The van der Waals surface area contributed by atoms with Crippen LogP contribution in [0.5, 0.6) is 0 Å². The Morgan fingerprint density at radius 3 is 2.18 bits per heavy atom. The highest BCUT2D eigenvalue weighted by Gasteiger charge is 2.50. The van der Waals surface area contributed by atoms with E-state index < -0.39 is 11.5 Å². The summed E-state index contributed by atoms with van der Waals surface area (Å²) in [6.07, 6.45) is 3.01. The SMILES string of the molecule is CC(=O)S[C@@H]1CCC[C@]1(CCCNC(=O)OCc1ccccc1)C(=O)OCc1ccccc1. The van der Waals surface area contributed by atoms with Crippen LogP contribution in [0, 0.1) is 5.41 Å². The number of rotatable bonds is 10. The summed E-state index contributed by atoms with van der Waals surface area (Å²) in [5.74, 6) is -0.255. The number of nitrogens with one attached hydrogen (secondary N) is 1. The number of hydrogen-bond donors (Lipinski definition) is 1. The molecule has 0 heterocycles. The molecule has 1 amide bonds. The zero-order valence-electron chi connectivity index (χ0n) is 19.0. The molecule has 1 saturated carbocycles. The van der Waals surface area contributed by atoms with Crippen molar-refractivity contribution in [3.63, 3.8) is 0 Å². The molecule has 0 spiro atoms. The van der Waals surface area contributed by atoms with Gasteiger partial charge in [0.05, 0.1) is 5.41 Å². The smallest absolute Gasteiger partial charge is 0.407 e. The number of carbonyl (C=O) groups is 3. The number of carbonyl (C=O) groups excluding carboxylic acids is 3. The van der Waals surface area contributed by atoms with Crippen LogP contribution in [0.1, 0.15) is 50.2 Å². The van der Waals surface area contributed by atoms with Crippen LogP contribution in [0.25, 0.3) is 0 Å². The van der Waals surface area contributed by atoms with Crippen LogP contribution in [0.4, 0.5) is 4.79 Å². The molecule has 0 radical (unpaired) electrons. The molecule has 2 aromatic rings. The molecule has 0 saturated heterocycles. The number of amides is 1. The van der Waals surface area contributed by atoms with E-state index in [1.54, 1.807) is 0 Å². The Labute approximate surface area is 199 Å². The Morgan fingerprint density at radius 2 is 1.58 bits per heavy atom. The second-order valence-corrected chi connectivity index (χ2v) is 9.68. The van der Waals surface area contributed by atoms with Crippen LogP contribution in [0.3, 0.4) is 0 Å². The number of benzene rings is 2. The first-order valence-corrected chi connectivity index (χ1v) is 12.2. The summed E-state index contributed by atoms with van der Waals surface area (Å²) in [5, 5.41) is 2.66. The standard InChI is InChI=1S/C26H31NO5S/c1-20(28)33-23-14-8-15-26(23,24(29)31-18-21-10-4-2-5-11-21)16-9-17-27-25(30)32-19-22-12-6-3-7-13-22/h2-7,10-13,23H,8-9,14-19H2,1H3,(H,27,30)/t23-,26-/m1/s1. The molecule has 176 valence electrons. The van der Waals surface area contributed by atoms with Gasteiger partial charge in [-0.15, -0.1) is 0 Å². The van der Waals surface area contributed by atoms with Crippen molar-refractivity contribution in [3.8, 4) is 0 Å². The molecule has 0 bridgehead atoms. The molecule has 1 aliphatic carbocycles. The van der Waals surface area contributed by atoms with Gasteiger partial charge in [0.2, 0.25) is 0 Å². The molecule has 33 heavy (non-hydrogen) atoms. The van der Waals surface area contributed by atoms with E-state index in [-0.39, 0.29) is 29.5 Å². The highest BCUT2D eigenvalue weighted by molar-refractivity contribution is 8.14. The summed E-state index contributed by atoms with van der Waals surface area (Å²) in [5.41, 5.74) is 1.13. The van der Waals surface area contributed by atoms with Gasteiger partial charge in [-0.25, -0.2) is 4.79 Å². The lowest BCUT2D eigenvalue weighted by molar-refractivity contribution is -0.157. The van der Waals surface area contributed by atoms with E-state index in [2.05, 4.69) is 5.32 Å². The highest BCUT2D eigenvalue weighted by Crippen LogP contribution is 2.49. The minimum absolute atomic E-state index is 0.00440. The fourth-order valence-corrected chi connectivity index (χ4v) is 5.51. The van der Waals surface area contributed by atoms with E-state index in [1.807, 2.05) is 60.7 Å². The summed E-state index contributed by atoms with van der Waals surface area (Å²) >= 11 is 1.24. The van der Waals surface area contributed by atoms with Gasteiger partial charge in [-0.2, -0.15) is 0 Å². The second kappa shape index (κ2) is 12.4. The van der Waals surface area contributed by atoms with Crippen molar-refractivity contribution in [2.24, 2.45) is 5.41 Å². The summed E-state index contributed by atoms with van der Waals surface area (Å²) in [7, 11) is 0. The van der Waals surface area contributed by atoms with Crippen molar-refractivity contribution in [3.05, 3.63) is 71.8 Å². The van der Waals surface area contributed by atoms with Gasteiger partial charge >= 0.3 is 12.1 Å². The van der Waals surface area contributed by atoms with Crippen LogP contribution in [0.15, 0.2) is 60.7 Å². The van der Waals surface area contributed by atoms with Gasteiger partial charge in [-0.1, -0.05) is 78.8 Å². The maximum absolute atomic E-state index is 13.3.